The van der Waals surface area contributed by atoms with Crippen LogP contribution in [0.5, 0.6) is 0 Å². The molecule has 0 bridgehead atoms. The fourth-order valence-corrected chi connectivity index (χ4v) is 3.20. The second-order valence-electron chi connectivity index (χ2n) is 5.46. The Balaban J connectivity index is 2.24. The van der Waals surface area contributed by atoms with E-state index in [1.54, 1.807) is 11.1 Å². The quantitative estimate of drug-likeness (QED) is 0.667. The third kappa shape index (κ3) is 2.30. The number of hydrogen-bond acceptors (Lipinski definition) is 1. The minimum Gasteiger partial charge on any atom is -0.324 e. The van der Waals surface area contributed by atoms with Crippen LogP contribution >= 0.6 is 0 Å². The molecule has 2 N–H and O–H groups in total. The van der Waals surface area contributed by atoms with E-state index in [1.807, 2.05) is 0 Å². The second kappa shape index (κ2) is 4.58. The number of nitrogens with two attached hydrogens (primary N) is 1. The van der Waals surface area contributed by atoms with Gasteiger partial charge in [-0.25, -0.2) is 0 Å². The third-order valence-corrected chi connectivity index (χ3v) is 3.82. The summed E-state index contributed by atoms with van der Waals surface area (Å²) in [5.41, 5.74) is 10.6. The Hall–Kier alpha value is -0.820. The molecule has 0 fully saturated rings. The van der Waals surface area contributed by atoms with E-state index >= 15 is 0 Å². The lowest BCUT2D eigenvalue weighted by atomic mass is 9.77. The van der Waals surface area contributed by atoms with Crippen LogP contribution in [0.15, 0.2) is 34.9 Å². The molecule has 16 heavy (non-hydrogen) atoms. The van der Waals surface area contributed by atoms with Gasteiger partial charge in [-0.15, -0.1) is 0 Å². The van der Waals surface area contributed by atoms with Gasteiger partial charge in [0.15, 0.2) is 0 Å². The summed E-state index contributed by atoms with van der Waals surface area (Å²) in [6.07, 6.45) is 10.5. The molecule has 0 saturated heterocycles. The highest BCUT2D eigenvalue weighted by Gasteiger charge is 2.23. The van der Waals surface area contributed by atoms with Gasteiger partial charge in [-0.1, -0.05) is 36.3 Å². The first kappa shape index (κ1) is 11.7. The van der Waals surface area contributed by atoms with Gasteiger partial charge in [0.05, 0.1) is 0 Å². The molecule has 3 atom stereocenters. The summed E-state index contributed by atoms with van der Waals surface area (Å²) in [7, 11) is 0. The molecule has 3 unspecified atom stereocenters. The lowest BCUT2D eigenvalue weighted by molar-refractivity contribution is 0.547. The molecule has 0 aromatic carbocycles. The lowest BCUT2D eigenvalue weighted by Crippen LogP contribution is -2.23. The standard InChI is InChI=1S/C15H23N/c1-10-8-11(2)15(12(3)9-10)13-4-6-14(16)7-5-13/h4,6,8,10,13-14H,5,7,9,16H2,1-3H3. The molecule has 2 aliphatic carbocycles. The van der Waals surface area contributed by atoms with Gasteiger partial charge in [-0.2, -0.15) is 0 Å². The average molecular weight is 217 g/mol. The monoisotopic (exact) mass is 217 g/mol. The summed E-state index contributed by atoms with van der Waals surface area (Å²) in [6.45, 7) is 6.86. The molecule has 0 amide bonds. The number of rotatable bonds is 1. The molecule has 2 aliphatic rings. The normalized spacial score (nSPS) is 35.2. The topological polar surface area (TPSA) is 26.0 Å². The van der Waals surface area contributed by atoms with Crippen molar-refractivity contribution in [1.29, 1.82) is 0 Å². The van der Waals surface area contributed by atoms with Crippen molar-refractivity contribution in [3.05, 3.63) is 34.9 Å². The minimum atomic E-state index is 0.281. The molecule has 2 rings (SSSR count). The Morgan fingerprint density at radius 2 is 1.94 bits per heavy atom. The van der Waals surface area contributed by atoms with Gasteiger partial charge in [-0.3, -0.25) is 0 Å². The van der Waals surface area contributed by atoms with Crippen molar-refractivity contribution in [3.63, 3.8) is 0 Å². The summed E-state index contributed by atoms with van der Waals surface area (Å²) in [5, 5.41) is 0. The van der Waals surface area contributed by atoms with Crippen LogP contribution in [-0.4, -0.2) is 6.04 Å². The lowest BCUT2D eigenvalue weighted by Gasteiger charge is -2.29. The van der Waals surface area contributed by atoms with Crippen molar-refractivity contribution < 1.29 is 0 Å². The molecule has 1 nitrogen and oxygen atoms in total. The SMILES string of the molecule is CC1=CC(C)CC(C)=C1C1C=CC(N)CC1. The van der Waals surface area contributed by atoms with Crippen LogP contribution in [0.2, 0.25) is 0 Å². The van der Waals surface area contributed by atoms with Crippen molar-refractivity contribution in [2.75, 3.05) is 0 Å². The zero-order chi connectivity index (χ0) is 11.7. The van der Waals surface area contributed by atoms with Gasteiger partial charge >= 0.3 is 0 Å². The summed E-state index contributed by atoms with van der Waals surface area (Å²) < 4.78 is 0. The predicted molar refractivity (Wildman–Crippen MR) is 70.1 cm³/mol. The van der Waals surface area contributed by atoms with E-state index in [0.717, 1.165) is 6.42 Å². The molecule has 1 heteroatoms. The van der Waals surface area contributed by atoms with Crippen molar-refractivity contribution in [3.8, 4) is 0 Å². The van der Waals surface area contributed by atoms with Crippen LogP contribution < -0.4 is 5.73 Å². The highest BCUT2D eigenvalue weighted by atomic mass is 14.6. The fraction of sp³-hybridized carbons (Fsp3) is 0.600. The van der Waals surface area contributed by atoms with E-state index in [4.69, 9.17) is 5.73 Å². The molecule has 0 radical (unpaired) electrons. The van der Waals surface area contributed by atoms with Gasteiger partial charge in [0.25, 0.3) is 0 Å². The van der Waals surface area contributed by atoms with E-state index in [-0.39, 0.29) is 6.04 Å². The molecule has 0 aliphatic heterocycles. The Kier molecular flexibility index (Phi) is 3.34. The van der Waals surface area contributed by atoms with Crippen molar-refractivity contribution in [2.24, 2.45) is 17.6 Å². The zero-order valence-electron chi connectivity index (χ0n) is 10.7. The van der Waals surface area contributed by atoms with Gasteiger partial charge in [0.2, 0.25) is 0 Å². The molecule has 0 aromatic heterocycles. The Bertz CT molecular complexity index is 360. The molecule has 0 saturated carbocycles. The van der Waals surface area contributed by atoms with Crippen molar-refractivity contribution >= 4 is 0 Å². The van der Waals surface area contributed by atoms with Gasteiger partial charge < -0.3 is 5.73 Å². The van der Waals surface area contributed by atoms with E-state index in [0.29, 0.717) is 11.8 Å². The van der Waals surface area contributed by atoms with Crippen LogP contribution in [0.4, 0.5) is 0 Å². The second-order valence-corrected chi connectivity index (χ2v) is 5.46. The van der Waals surface area contributed by atoms with E-state index in [2.05, 4.69) is 39.0 Å². The van der Waals surface area contributed by atoms with Crippen molar-refractivity contribution in [1.82, 2.24) is 0 Å². The van der Waals surface area contributed by atoms with Crippen LogP contribution in [0.25, 0.3) is 0 Å². The maximum atomic E-state index is 5.90. The highest BCUT2D eigenvalue weighted by molar-refractivity contribution is 5.41. The molecule has 0 aromatic rings. The van der Waals surface area contributed by atoms with Gasteiger partial charge in [0, 0.05) is 12.0 Å². The molecule has 0 spiro atoms. The highest BCUT2D eigenvalue weighted by Crippen LogP contribution is 2.37. The molecular formula is C15H23N. The van der Waals surface area contributed by atoms with E-state index in [1.165, 1.54) is 18.4 Å². The smallest absolute Gasteiger partial charge is 0.0224 e. The largest absolute Gasteiger partial charge is 0.324 e. The third-order valence-electron chi connectivity index (χ3n) is 3.82. The summed E-state index contributed by atoms with van der Waals surface area (Å²) in [5.74, 6) is 1.32. The summed E-state index contributed by atoms with van der Waals surface area (Å²) in [6, 6.07) is 0.281. The molecular weight excluding hydrogens is 194 g/mol. The van der Waals surface area contributed by atoms with Crippen LogP contribution in [0.3, 0.4) is 0 Å². The summed E-state index contributed by atoms with van der Waals surface area (Å²) in [4.78, 5) is 0. The van der Waals surface area contributed by atoms with Gasteiger partial charge in [0.1, 0.15) is 0 Å². The van der Waals surface area contributed by atoms with E-state index in [9.17, 15) is 0 Å². The maximum absolute atomic E-state index is 5.90. The first-order chi connectivity index (χ1) is 7.58. The summed E-state index contributed by atoms with van der Waals surface area (Å²) >= 11 is 0. The number of allylic oxidation sites excluding steroid dienone is 5. The Labute approximate surface area is 99.1 Å². The van der Waals surface area contributed by atoms with E-state index < -0.39 is 0 Å². The van der Waals surface area contributed by atoms with Crippen LogP contribution in [0.1, 0.15) is 40.0 Å². The zero-order valence-corrected chi connectivity index (χ0v) is 10.7. The predicted octanol–water partition coefficient (Wildman–Crippen LogP) is 3.58. The fourth-order valence-electron chi connectivity index (χ4n) is 3.20. The average Bonchev–Trinajstić information content (AvgIpc) is 2.19. The molecule has 88 valence electrons. The maximum Gasteiger partial charge on any atom is 0.0224 e. The van der Waals surface area contributed by atoms with Crippen molar-refractivity contribution in [2.45, 2.75) is 46.1 Å². The van der Waals surface area contributed by atoms with Crippen LogP contribution in [-0.2, 0) is 0 Å². The molecule has 0 heterocycles. The Morgan fingerprint density at radius 3 is 2.50 bits per heavy atom. The van der Waals surface area contributed by atoms with Gasteiger partial charge in [-0.05, 0) is 44.6 Å². The first-order valence-electron chi connectivity index (χ1n) is 6.40. The Morgan fingerprint density at radius 1 is 1.19 bits per heavy atom. The van der Waals surface area contributed by atoms with Crippen LogP contribution in [0, 0.1) is 11.8 Å². The minimum absolute atomic E-state index is 0.281. The first-order valence-corrected chi connectivity index (χ1v) is 6.40. The number of hydrogen-bond donors (Lipinski definition) is 1.